The number of rotatable bonds is 5. The van der Waals surface area contributed by atoms with E-state index in [0.717, 1.165) is 69.4 Å². The summed E-state index contributed by atoms with van der Waals surface area (Å²) >= 11 is 0. The van der Waals surface area contributed by atoms with Gasteiger partial charge in [-0.25, -0.2) is 9.97 Å². The molecule has 0 radical (unpaired) electrons. The Morgan fingerprint density at radius 3 is 2.86 bits per heavy atom. The number of H-pyrrole nitrogens is 1. The molecule has 2 aromatic rings. The first kappa shape index (κ1) is 19.1. The molecule has 2 saturated heterocycles. The summed E-state index contributed by atoms with van der Waals surface area (Å²) in [5, 5.41) is 0. The molecule has 0 aromatic carbocycles. The molecule has 2 aliphatic rings. The number of aryl methyl sites for hydroxylation is 1. The molecule has 4 heterocycles. The van der Waals surface area contributed by atoms with Crippen molar-refractivity contribution in [3.05, 3.63) is 40.4 Å². The fourth-order valence-electron chi connectivity index (χ4n) is 4.11. The summed E-state index contributed by atoms with van der Waals surface area (Å²) in [7, 11) is 0. The quantitative estimate of drug-likeness (QED) is 0.851. The van der Waals surface area contributed by atoms with Crippen LogP contribution >= 0.6 is 0 Å². The number of aromatic amines is 1. The number of hydrogen-bond acceptors (Lipinski definition) is 6. The zero-order chi connectivity index (χ0) is 19.3. The lowest BCUT2D eigenvalue weighted by Gasteiger charge is -2.37. The van der Waals surface area contributed by atoms with Crippen LogP contribution in [0.3, 0.4) is 0 Å². The summed E-state index contributed by atoms with van der Waals surface area (Å²) in [5.41, 5.74) is 1.52. The van der Waals surface area contributed by atoms with E-state index in [9.17, 15) is 4.79 Å². The maximum absolute atomic E-state index is 11.8. The third-order valence-corrected chi connectivity index (χ3v) is 5.64. The minimum Gasteiger partial charge on any atom is -0.379 e. The highest BCUT2D eigenvalue weighted by Crippen LogP contribution is 2.24. The maximum atomic E-state index is 11.8. The fraction of sp³-hybridized carbons (Fsp3) is 0.571. The molecule has 28 heavy (non-hydrogen) atoms. The molecule has 7 nitrogen and oxygen atoms in total. The largest absolute Gasteiger partial charge is 0.379 e. The molecule has 1 N–H and O–H groups in total. The Kier molecular flexibility index (Phi) is 6.02. The Hall–Kier alpha value is -2.25. The van der Waals surface area contributed by atoms with E-state index in [2.05, 4.69) is 24.8 Å². The summed E-state index contributed by atoms with van der Waals surface area (Å²) in [6.07, 6.45) is 5.03. The third kappa shape index (κ3) is 4.59. The van der Waals surface area contributed by atoms with Gasteiger partial charge < -0.3 is 14.6 Å². The normalized spacial score (nSPS) is 21.0. The lowest BCUT2D eigenvalue weighted by Crippen LogP contribution is -2.44. The average Bonchev–Trinajstić information content (AvgIpc) is 2.74. The first-order chi connectivity index (χ1) is 13.7. The van der Waals surface area contributed by atoms with Gasteiger partial charge in [-0.15, -0.1) is 0 Å². The van der Waals surface area contributed by atoms with E-state index in [-0.39, 0.29) is 5.56 Å². The average molecular weight is 383 g/mol. The zero-order valence-corrected chi connectivity index (χ0v) is 16.6. The lowest BCUT2D eigenvalue weighted by molar-refractivity contribution is 0.0296. The predicted molar refractivity (Wildman–Crippen MR) is 110 cm³/mol. The molecule has 4 rings (SSSR count). The molecular formula is C21H29N5O2. The monoisotopic (exact) mass is 383 g/mol. The number of hydrogen-bond donors (Lipinski definition) is 1. The van der Waals surface area contributed by atoms with Crippen LogP contribution in [0.2, 0.25) is 0 Å². The van der Waals surface area contributed by atoms with E-state index < -0.39 is 0 Å². The van der Waals surface area contributed by atoms with Gasteiger partial charge in [0.1, 0.15) is 11.6 Å². The van der Waals surface area contributed by atoms with E-state index in [1.54, 1.807) is 6.07 Å². The second kappa shape index (κ2) is 8.84. The van der Waals surface area contributed by atoms with Crippen LogP contribution in [0.1, 0.15) is 25.5 Å². The van der Waals surface area contributed by atoms with Gasteiger partial charge in [-0.05, 0) is 37.3 Å². The Morgan fingerprint density at radius 2 is 2.11 bits per heavy atom. The maximum Gasteiger partial charge on any atom is 0.251 e. The molecule has 1 unspecified atom stereocenters. The number of pyridine rings is 1. The molecule has 150 valence electrons. The highest BCUT2D eigenvalue weighted by Gasteiger charge is 2.24. The van der Waals surface area contributed by atoms with Gasteiger partial charge >= 0.3 is 0 Å². The van der Waals surface area contributed by atoms with E-state index in [1.807, 2.05) is 25.3 Å². The van der Waals surface area contributed by atoms with Crippen molar-refractivity contribution in [2.75, 3.05) is 50.8 Å². The summed E-state index contributed by atoms with van der Waals surface area (Å²) in [6.45, 7) is 9.04. The van der Waals surface area contributed by atoms with Crippen molar-refractivity contribution in [1.82, 2.24) is 19.9 Å². The molecule has 0 bridgehead atoms. The Labute approximate surface area is 165 Å². The van der Waals surface area contributed by atoms with E-state index >= 15 is 0 Å². The van der Waals surface area contributed by atoms with Crippen molar-refractivity contribution >= 4 is 5.82 Å². The standard InChI is InChI=1S/C21H29N5O2/c1-2-18-12-20(27)24-21(23-18)17-5-6-19(22-13-17)26-7-3-4-16(15-26)14-25-8-10-28-11-9-25/h5-6,12-13,16H,2-4,7-11,14-15H2,1H3,(H,23,24,27). The summed E-state index contributed by atoms with van der Waals surface area (Å²) in [5.74, 6) is 2.27. The number of aromatic nitrogens is 3. The van der Waals surface area contributed by atoms with Crippen molar-refractivity contribution in [2.45, 2.75) is 26.2 Å². The number of nitrogens with one attached hydrogen (secondary N) is 1. The van der Waals surface area contributed by atoms with Crippen molar-refractivity contribution in [1.29, 1.82) is 0 Å². The van der Waals surface area contributed by atoms with Crippen LogP contribution in [0.4, 0.5) is 5.82 Å². The van der Waals surface area contributed by atoms with Gasteiger partial charge in [0, 0.05) is 56.2 Å². The van der Waals surface area contributed by atoms with E-state index in [4.69, 9.17) is 4.74 Å². The smallest absolute Gasteiger partial charge is 0.251 e. The van der Waals surface area contributed by atoms with Crippen molar-refractivity contribution in [3.8, 4) is 11.4 Å². The van der Waals surface area contributed by atoms with Crippen molar-refractivity contribution in [2.24, 2.45) is 5.92 Å². The lowest BCUT2D eigenvalue weighted by atomic mass is 9.97. The number of ether oxygens (including phenoxy) is 1. The predicted octanol–water partition coefficient (Wildman–Crippen LogP) is 1.94. The number of anilines is 1. The SMILES string of the molecule is CCc1cc(=O)[nH]c(-c2ccc(N3CCCC(CN4CCOCC4)C3)nc2)n1. The van der Waals surface area contributed by atoms with Crippen molar-refractivity contribution in [3.63, 3.8) is 0 Å². The summed E-state index contributed by atoms with van der Waals surface area (Å²) in [6, 6.07) is 5.60. The second-order valence-electron chi connectivity index (χ2n) is 7.71. The van der Waals surface area contributed by atoms with Gasteiger partial charge in [0.05, 0.1) is 13.2 Å². The van der Waals surface area contributed by atoms with Crippen molar-refractivity contribution < 1.29 is 4.74 Å². The van der Waals surface area contributed by atoms with Gasteiger partial charge in [-0.1, -0.05) is 6.92 Å². The van der Waals surface area contributed by atoms with Gasteiger partial charge in [0.15, 0.2) is 0 Å². The topological polar surface area (TPSA) is 74.4 Å². The van der Waals surface area contributed by atoms with Gasteiger partial charge in [0.2, 0.25) is 0 Å². The van der Waals surface area contributed by atoms with Crippen LogP contribution in [-0.2, 0) is 11.2 Å². The molecule has 0 saturated carbocycles. The van der Waals surface area contributed by atoms with Crippen LogP contribution in [0.5, 0.6) is 0 Å². The highest BCUT2D eigenvalue weighted by molar-refractivity contribution is 5.56. The second-order valence-corrected chi connectivity index (χ2v) is 7.71. The molecule has 7 heteroatoms. The Balaban J connectivity index is 1.43. The van der Waals surface area contributed by atoms with Crippen LogP contribution < -0.4 is 10.5 Å². The molecule has 0 amide bonds. The molecule has 0 aliphatic carbocycles. The first-order valence-electron chi connectivity index (χ1n) is 10.3. The van der Waals surface area contributed by atoms with Crippen LogP contribution in [0.15, 0.2) is 29.2 Å². The van der Waals surface area contributed by atoms with Crippen LogP contribution in [0, 0.1) is 5.92 Å². The molecule has 2 aliphatic heterocycles. The van der Waals surface area contributed by atoms with Crippen LogP contribution in [0.25, 0.3) is 11.4 Å². The molecule has 2 aromatic heterocycles. The third-order valence-electron chi connectivity index (χ3n) is 5.64. The van der Waals surface area contributed by atoms with Gasteiger partial charge in [0.25, 0.3) is 5.56 Å². The summed E-state index contributed by atoms with van der Waals surface area (Å²) < 4.78 is 5.46. The van der Waals surface area contributed by atoms with Gasteiger partial charge in [-0.3, -0.25) is 9.69 Å². The molecule has 0 spiro atoms. The Morgan fingerprint density at radius 1 is 1.25 bits per heavy atom. The van der Waals surface area contributed by atoms with E-state index in [0.29, 0.717) is 11.7 Å². The molecular weight excluding hydrogens is 354 g/mol. The number of morpholine rings is 1. The number of piperidine rings is 1. The van der Waals surface area contributed by atoms with Crippen LogP contribution in [-0.4, -0.2) is 65.8 Å². The minimum atomic E-state index is -0.118. The fourth-order valence-corrected chi connectivity index (χ4v) is 4.11. The van der Waals surface area contributed by atoms with Gasteiger partial charge in [-0.2, -0.15) is 0 Å². The van der Waals surface area contributed by atoms with E-state index in [1.165, 1.54) is 12.8 Å². The molecule has 2 fully saturated rings. The minimum absolute atomic E-state index is 0.118. The first-order valence-corrected chi connectivity index (χ1v) is 10.3. The zero-order valence-electron chi connectivity index (χ0n) is 16.6. The highest BCUT2D eigenvalue weighted by atomic mass is 16.5. The molecule has 1 atom stereocenters. The number of nitrogens with zero attached hydrogens (tertiary/aromatic N) is 4. The summed E-state index contributed by atoms with van der Waals surface area (Å²) in [4.78, 5) is 28.7. The Bertz CT molecular complexity index is 829.